The molecular weight excluding hydrogens is 377 g/mol. The van der Waals surface area contributed by atoms with E-state index < -0.39 is 0 Å². The largest absolute Gasteiger partial charge is 0.488 e. The Labute approximate surface area is 128 Å². The molecule has 0 unspecified atom stereocenters. The summed E-state index contributed by atoms with van der Waals surface area (Å²) in [6.07, 6.45) is 0. The highest BCUT2D eigenvalue weighted by molar-refractivity contribution is 9.10. The predicted molar refractivity (Wildman–Crippen MR) is 80.5 cm³/mol. The molecule has 0 aliphatic carbocycles. The SMILES string of the molecule is NCc1ccc(OCc2cc(F)cc(Br)c2)c(Br)c1. The van der Waals surface area contributed by atoms with Gasteiger partial charge in [-0.15, -0.1) is 0 Å². The van der Waals surface area contributed by atoms with E-state index in [0.29, 0.717) is 23.4 Å². The number of nitrogens with two attached hydrogens (primary N) is 1. The highest BCUT2D eigenvalue weighted by Crippen LogP contribution is 2.27. The Kier molecular flexibility index (Phi) is 4.96. The second-order valence-corrected chi connectivity index (χ2v) is 5.81. The van der Waals surface area contributed by atoms with Crippen LogP contribution in [-0.4, -0.2) is 0 Å². The molecule has 0 amide bonds. The summed E-state index contributed by atoms with van der Waals surface area (Å²) < 4.78 is 20.4. The molecule has 2 nitrogen and oxygen atoms in total. The molecule has 19 heavy (non-hydrogen) atoms. The van der Waals surface area contributed by atoms with Gasteiger partial charge in [0.2, 0.25) is 0 Å². The molecule has 0 spiro atoms. The maximum atomic E-state index is 13.2. The second kappa shape index (κ2) is 6.50. The van der Waals surface area contributed by atoms with Crippen molar-refractivity contribution in [1.29, 1.82) is 0 Å². The average molecular weight is 389 g/mol. The first-order chi connectivity index (χ1) is 9.08. The van der Waals surface area contributed by atoms with E-state index >= 15 is 0 Å². The Morgan fingerprint density at radius 1 is 1.05 bits per heavy atom. The predicted octanol–water partition coefficient (Wildman–Crippen LogP) is 4.39. The van der Waals surface area contributed by atoms with E-state index in [9.17, 15) is 4.39 Å². The lowest BCUT2D eigenvalue weighted by molar-refractivity contribution is 0.303. The zero-order valence-electron chi connectivity index (χ0n) is 10.00. The van der Waals surface area contributed by atoms with Crippen LogP contribution in [0, 0.1) is 5.82 Å². The zero-order valence-corrected chi connectivity index (χ0v) is 13.2. The van der Waals surface area contributed by atoms with Crippen LogP contribution in [0.5, 0.6) is 5.75 Å². The van der Waals surface area contributed by atoms with Crippen molar-refractivity contribution in [2.75, 3.05) is 0 Å². The van der Waals surface area contributed by atoms with Gasteiger partial charge in [0, 0.05) is 11.0 Å². The molecule has 0 aliphatic heterocycles. The summed E-state index contributed by atoms with van der Waals surface area (Å²) in [5.41, 5.74) is 7.35. The van der Waals surface area contributed by atoms with Crippen molar-refractivity contribution in [2.45, 2.75) is 13.2 Å². The normalized spacial score (nSPS) is 10.5. The van der Waals surface area contributed by atoms with Crippen molar-refractivity contribution in [3.05, 3.63) is 62.3 Å². The molecule has 0 fully saturated rings. The van der Waals surface area contributed by atoms with Crippen molar-refractivity contribution in [3.63, 3.8) is 0 Å². The molecule has 0 radical (unpaired) electrons. The van der Waals surface area contributed by atoms with Crippen LogP contribution in [0.15, 0.2) is 45.3 Å². The van der Waals surface area contributed by atoms with Gasteiger partial charge in [0.05, 0.1) is 4.47 Å². The van der Waals surface area contributed by atoms with Gasteiger partial charge >= 0.3 is 0 Å². The van der Waals surface area contributed by atoms with Crippen molar-refractivity contribution in [1.82, 2.24) is 0 Å². The third-order valence-electron chi connectivity index (χ3n) is 2.55. The molecule has 5 heteroatoms. The van der Waals surface area contributed by atoms with Crippen molar-refractivity contribution in [3.8, 4) is 5.75 Å². The number of hydrogen-bond acceptors (Lipinski definition) is 2. The number of rotatable bonds is 4. The fourth-order valence-electron chi connectivity index (χ4n) is 1.64. The van der Waals surface area contributed by atoms with Gasteiger partial charge in [-0.3, -0.25) is 0 Å². The molecule has 0 aliphatic rings. The maximum Gasteiger partial charge on any atom is 0.134 e. The molecule has 0 bridgehead atoms. The standard InChI is InChI=1S/C14H12Br2FNO/c15-11-3-10(4-12(17)6-11)8-19-14-2-1-9(7-18)5-13(14)16/h1-6H,7-8,18H2. The Hall–Kier alpha value is -0.910. The molecule has 0 heterocycles. The minimum Gasteiger partial charge on any atom is -0.488 e. The monoisotopic (exact) mass is 387 g/mol. The molecule has 2 N–H and O–H groups in total. The first kappa shape index (κ1) is 14.5. The van der Waals surface area contributed by atoms with Crippen LogP contribution in [0.2, 0.25) is 0 Å². The molecule has 0 atom stereocenters. The Morgan fingerprint density at radius 2 is 1.84 bits per heavy atom. The Bertz CT molecular complexity index is 569. The van der Waals surface area contributed by atoms with Crippen LogP contribution in [-0.2, 0) is 13.2 Å². The van der Waals surface area contributed by atoms with Crippen LogP contribution in [0.4, 0.5) is 4.39 Å². The number of ether oxygens (including phenoxy) is 1. The van der Waals surface area contributed by atoms with Gasteiger partial charge in [-0.1, -0.05) is 22.0 Å². The lowest BCUT2D eigenvalue weighted by atomic mass is 10.2. The summed E-state index contributed by atoms with van der Waals surface area (Å²) in [6, 6.07) is 10.4. The van der Waals surface area contributed by atoms with E-state index in [0.717, 1.165) is 15.6 Å². The first-order valence-electron chi connectivity index (χ1n) is 5.65. The number of halogens is 3. The third kappa shape index (κ3) is 4.03. The summed E-state index contributed by atoms with van der Waals surface area (Å²) in [5.74, 6) is 0.420. The Morgan fingerprint density at radius 3 is 2.47 bits per heavy atom. The van der Waals surface area contributed by atoms with Gasteiger partial charge < -0.3 is 10.5 Å². The van der Waals surface area contributed by atoms with E-state index in [1.807, 2.05) is 24.3 Å². The number of hydrogen-bond donors (Lipinski definition) is 1. The summed E-state index contributed by atoms with van der Waals surface area (Å²) in [7, 11) is 0. The van der Waals surface area contributed by atoms with Crippen molar-refractivity contribution in [2.24, 2.45) is 5.73 Å². The van der Waals surface area contributed by atoms with E-state index in [1.54, 1.807) is 0 Å². The Balaban J connectivity index is 2.10. The minimum absolute atomic E-state index is 0.287. The van der Waals surface area contributed by atoms with E-state index in [4.69, 9.17) is 10.5 Å². The van der Waals surface area contributed by atoms with Gasteiger partial charge in [0.1, 0.15) is 18.2 Å². The van der Waals surface area contributed by atoms with Crippen LogP contribution in [0.3, 0.4) is 0 Å². The second-order valence-electron chi connectivity index (χ2n) is 4.04. The average Bonchev–Trinajstić information content (AvgIpc) is 2.36. The fourth-order valence-corrected chi connectivity index (χ4v) is 2.70. The van der Waals surface area contributed by atoms with Crippen molar-refractivity contribution >= 4 is 31.9 Å². The zero-order chi connectivity index (χ0) is 13.8. The third-order valence-corrected chi connectivity index (χ3v) is 3.63. The lowest BCUT2D eigenvalue weighted by Crippen LogP contribution is -1.99. The number of benzene rings is 2. The smallest absolute Gasteiger partial charge is 0.134 e. The summed E-state index contributed by atoms with van der Waals surface area (Å²) >= 11 is 6.68. The summed E-state index contributed by atoms with van der Waals surface area (Å²) in [4.78, 5) is 0. The van der Waals surface area contributed by atoms with E-state index in [1.165, 1.54) is 12.1 Å². The van der Waals surface area contributed by atoms with E-state index in [2.05, 4.69) is 31.9 Å². The van der Waals surface area contributed by atoms with Gasteiger partial charge in [0.25, 0.3) is 0 Å². The van der Waals surface area contributed by atoms with Crippen molar-refractivity contribution < 1.29 is 9.13 Å². The van der Waals surface area contributed by atoms with Crippen LogP contribution < -0.4 is 10.5 Å². The minimum atomic E-state index is -0.287. The van der Waals surface area contributed by atoms with Gasteiger partial charge in [-0.05, 0) is 57.4 Å². The molecule has 0 aromatic heterocycles. The molecule has 2 aromatic carbocycles. The van der Waals surface area contributed by atoms with Gasteiger partial charge in [0.15, 0.2) is 0 Å². The molecule has 0 saturated heterocycles. The molecule has 2 rings (SSSR count). The lowest BCUT2D eigenvalue weighted by Gasteiger charge is -2.10. The maximum absolute atomic E-state index is 13.2. The van der Waals surface area contributed by atoms with Crippen LogP contribution in [0.25, 0.3) is 0 Å². The summed E-state index contributed by atoms with van der Waals surface area (Å²) in [5, 5.41) is 0. The van der Waals surface area contributed by atoms with Gasteiger partial charge in [-0.25, -0.2) is 4.39 Å². The van der Waals surface area contributed by atoms with E-state index in [-0.39, 0.29) is 5.82 Å². The fraction of sp³-hybridized carbons (Fsp3) is 0.143. The quantitative estimate of drug-likeness (QED) is 0.842. The summed E-state index contributed by atoms with van der Waals surface area (Å²) in [6.45, 7) is 0.784. The first-order valence-corrected chi connectivity index (χ1v) is 7.23. The topological polar surface area (TPSA) is 35.2 Å². The molecule has 100 valence electrons. The molecule has 2 aromatic rings. The highest BCUT2D eigenvalue weighted by Gasteiger charge is 2.04. The highest BCUT2D eigenvalue weighted by atomic mass is 79.9. The van der Waals surface area contributed by atoms with Crippen LogP contribution >= 0.6 is 31.9 Å². The van der Waals surface area contributed by atoms with Crippen LogP contribution in [0.1, 0.15) is 11.1 Å². The molecular formula is C14H12Br2FNO. The molecule has 0 saturated carbocycles. The van der Waals surface area contributed by atoms with Gasteiger partial charge in [-0.2, -0.15) is 0 Å².